The van der Waals surface area contributed by atoms with Gasteiger partial charge in [-0.25, -0.2) is 0 Å². The van der Waals surface area contributed by atoms with Crippen molar-refractivity contribution in [1.82, 2.24) is 0 Å². The first-order chi connectivity index (χ1) is 15.0. The molecule has 7 heteroatoms. The summed E-state index contributed by atoms with van der Waals surface area (Å²) in [5.41, 5.74) is 1.84. The second-order valence-corrected chi connectivity index (χ2v) is 7.35. The minimum absolute atomic E-state index is 0.0903. The highest BCUT2D eigenvalue weighted by molar-refractivity contribution is 6.30. The van der Waals surface area contributed by atoms with Crippen LogP contribution in [0.5, 0.6) is 17.2 Å². The number of ketones is 1. The predicted molar refractivity (Wildman–Crippen MR) is 118 cm³/mol. The lowest BCUT2D eigenvalue weighted by Crippen LogP contribution is -2.20. The van der Waals surface area contributed by atoms with Crippen LogP contribution >= 0.6 is 11.6 Å². The highest BCUT2D eigenvalue weighted by Gasteiger charge is 2.22. The Labute approximate surface area is 184 Å². The molecule has 31 heavy (non-hydrogen) atoms. The summed E-state index contributed by atoms with van der Waals surface area (Å²) in [4.78, 5) is 26.0. The van der Waals surface area contributed by atoms with Crippen LogP contribution in [-0.4, -0.2) is 32.0 Å². The summed E-state index contributed by atoms with van der Waals surface area (Å²) in [5, 5.41) is 3.38. The molecule has 1 heterocycles. The van der Waals surface area contributed by atoms with Gasteiger partial charge in [0.05, 0.1) is 24.8 Å². The number of para-hydroxylation sites is 1. The predicted octanol–water partition coefficient (Wildman–Crippen LogP) is 4.53. The summed E-state index contributed by atoms with van der Waals surface area (Å²) in [6.45, 7) is 0.785. The van der Waals surface area contributed by atoms with Gasteiger partial charge in [0.1, 0.15) is 19.0 Å². The first-order valence-electron chi connectivity index (χ1n) is 9.71. The molecule has 158 valence electrons. The van der Waals surface area contributed by atoms with Gasteiger partial charge in [-0.3, -0.25) is 9.59 Å². The highest BCUT2D eigenvalue weighted by atomic mass is 35.5. The molecule has 1 aliphatic rings. The molecule has 3 aromatic rings. The van der Waals surface area contributed by atoms with Crippen molar-refractivity contribution in [2.24, 2.45) is 0 Å². The Hall–Kier alpha value is -3.51. The van der Waals surface area contributed by atoms with Crippen LogP contribution in [0.3, 0.4) is 0 Å². The minimum Gasteiger partial charge on any atom is -0.496 e. The number of anilines is 1. The molecule has 0 spiro atoms. The van der Waals surface area contributed by atoms with Crippen molar-refractivity contribution in [2.45, 2.75) is 6.42 Å². The van der Waals surface area contributed by atoms with E-state index < -0.39 is 0 Å². The van der Waals surface area contributed by atoms with E-state index in [1.807, 2.05) is 18.2 Å². The molecule has 4 rings (SSSR count). The quantitative estimate of drug-likeness (QED) is 0.573. The molecule has 1 amide bonds. The van der Waals surface area contributed by atoms with Crippen molar-refractivity contribution in [3.8, 4) is 17.2 Å². The van der Waals surface area contributed by atoms with Crippen molar-refractivity contribution in [3.63, 3.8) is 0 Å². The van der Waals surface area contributed by atoms with Crippen molar-refractivity contribution in [2.75, 3.05) is 25.6 Å². The lowest BCUT2D eigenvalue weighted by atomic mass is 10.0. The zero-order chi connectivity index (χ0) is 21.8. The SMILES string of the molecule is COc1ccccc1CC(=O)Nc1cc2c(cc1C(=O)c1ccc(Cl)cc1)OCCO2. The second-order valence-electron chi connectivity index (χ2n) is 6.91. The zero-order valence-corrected chi connectivity index (χ0v) is 17.6. The standard InChI is InChI=1S/C24H20ClNO5/c1-29-20-5-3-2-4-16(20)12-23(27)26-19-14-22-21(30-10-11-31-22)13-18(19)24(28)15-6-8-17(25)9-7-15/h2-9,13-14H,10-12H2,1H3,(H,26,27). The Kier molecular flexibility index (Phi) is 6.09. The fraction of sp³-hybridized carbons (Fsp3) is 0.167. The molecule has 0 aromatic heterocycles. The van der Waals surface area contributed by atoms with Crippen LogP contribution in [0.15, 0.2) is 60.7 Å². The average molecular weight is 438 g/mol. The number of rotatable bonds is 6. The van der Waals surface area contributed by atoms with Crippen LogP contribution in [0.25, 0.3) is 0 Å². The molecular weight excluding hydrogens is 418 g/mol. The Morgan fingerprint density at radius 1 is 1.00 bits per heavy atom. The number of methoxy groups -OCH3 is 1. The van der Waals surface area contributed by atoms with Gasteiger partial charge >= 0.3 is 0 Å². The first-order valence-corrected chi connectivity index (χ1v) is 10.1. The maximum atomic E-state index is 13.2. The third-order valence-electron chi connectivity index (χ3n) is 4.85. The van der Waals surface area contributed by atoms with Crippen LogP contribution < -0.4 is 19.5 Å². The Balaban J connectivity index is 1.66. The molecule has 1 aliphatic heterocycles. The Morgan fingerprint density at radius 2 is 1.68 bits per heavy atom. The number of ether oxygens (including phenoxy) is 3. The van der Waals surface area contributed by atoms with Crippen molar-refractivity contribution < 1.29 is 23.8 Å². The molecule has 0 atom stereocenters. The molecule has 0 bridgehead atoms. The Morgan fingerprint density at radius 3 is 2.39 bits per heavy atom. The van der Waals surface area contributed by atoms with Gasteiger partial charge in [-0.2, -0.15) is 0 Å². The fourth-order valence-electron chi connectivity index (χ4n) is 3.35. The maximum absolute atomic E-state index is 13.2. The van der Waals surface area contributed by atoms with E-state index in [9.17, 15) is 9.59 Å². The van der Waals surface area contributed by atoms with Gasteiger partial charge in [-0.15, -0.1) is 0 Å². The molecule has 0 aliphatic carbocycles. The molecule has 3 aromatic carbocycles. The lowest BCUT2D eigenvalue weighted by molar-refractivity contribution is -0.115. The topological polar surface area (TPSA) is 73.9 Å². The van der Waals surface area contributed by atoms with E-state index in [2.05, 4.69) is 5.32 Å². The normalized spacial score (nSPS) is 12.2. The smallest absolute Gasteiger partial charge is 0.228 e. The number of fused-ring (bicyclic) bond motifs is 1. The van der Waals surface area contributed by atoms with Crippen LogP contribution in [0, 0.1) is 0 Å². The number of hydrogen-bond donors (Lipinski definition) is 1. The largest absolute Gasteiger partial charge is 0.496 e. The number of halogens is 1. The molecule has 0 unspecified atom stereocenters. The summed E-state index contributed by atoms with van der Waals surface area (Å²) in [7, 11) is 1.56. The van der Waals surface area contributed by atoms with E-state index in [-0.39, 0.29) is 18.1 Å². The number of amides is 1. The van der Waals surface area contributed by atoms with Crippen LogP contribution in [0.1, 0.15) is 21.5 Å². The van der Waals surface area contributed by atoms with E-state index in [4.69, 9.17) is 25.8 Å². The molecule has 0 saturated heterocycles. The van der Waals surface area contributed by atoms with Gasteiger partial charge in [0.2, 0.25) is 5.91 Å². The first kappa shape index (κ1) is 20.8. The summed E-state index contributed by atoms with van der Waals surface area (Å²) in [5.74, 6) is 1.02. The number of hydrogen-bond acceptors (Lipinski definition) is 5. The second kappa shape index (κ2) is 9.10. The lowest BCUT2D eigenvalue weighted by Gasteiger charge is -2.21. The molecule has 6 nitrogen and oxygen atoms in total. The van der Waals surface area contributed by atoms with E-state index in [1.54, 1.807) is 49.6 Å². The zero-order valence-electron chi connectivity index (χ0n) is 16.8. The third-order valence-corrected chi connectivity index (χ3v) is 5.10. The van der Waals surface area contributed by atoms with E-state index in [0.29, 0.717) is 52.3 Å². The average Bonchev–Trinajstić information content (AvgIpc) is 2.79. The van der Waals surface area contributed by atoms with Gasteiger partial charge in [0.25, 0.3) is 0 Å². The van der Waals surface area contributed by atoms with E-state index >= 15 is 0 Å². The number of benzene rings is 3. The van der Waals surface area contributed by atoms with Gasteiger partial charge in [-0.1, -0.05) is 29.8 Å². The van der Waals surface area contributed by atoms with E-state index in [1.165, 1.54) is 0 Å². The highest BCUT2D eigenvalue weighted by Crippen LogP contribution is 2.37. The van der Waals surface area contributed by atoms with Crippen molar-refractivity contribution >= 4 is 29.0 Å². The van der Waals surface area contributed by atoms with Gasteiger partial charge in [0, 0.05) is 22.2 Å². The summed E-state index contributed by atoms with van der Waals surface area (Å²) >= 11 is 5.94. The van der Waals surface area contributed by atoms with Crippen LogP contribution in [0.2, 0.25) is 5.02 Å². The van der Waals surface area contributed by atoms with Gasteiger partial charge in [-0.05, 0) is 36.4 Å². The number of nitrogens with one attached hydrogen (secondary N) is 1. The Bertz CT molecular complexity index is 1130. The molecule has 0 radical (unpaired) electrons. The summed E-state index contributed by atoms with van der Waals surface area (Å²) in [6.07, 6.45) is 0.0903. The van der Waals surface area contributed by atoms with Gasteiger partial charge in [0.15, 0.2) is 17.3 Å². The van der Waals surface area contributed by atoms with Crippen molar-refractivity contribution in [1.29, 1.82) is 0 Å². The number of carbonyl (C=O) groups excluding carboxylic acids is 2. The third kappa shape index (κ3) is 4.64. The fourth-order valence-corrected chi connectivity index (χ4v) is 3.48. The molecule has 1 N–H and O–H groups in total. The maximum Gasteiger partial charge on any atom is 0.228 e. The summed E-state index contributed by atoms with van der Waals surface area (Å²) in [6, 6.07) is 17.1. The van der Waals surface area contributed by atoms with E-state index in [0.717, 1.165) is 5.56 Å². The number of carbonyl (C=O) groups is 2. The minimum atomic E-state index is -0.286. The molecular formula is C24H20ClNO5. The van der Waals surface area contributed by atoms with Crippen LogP contribution in [-0.2, 0) is 11.2 Å². The van der Waals surface area contributed by atoms with Crippen molar-refractivity contribution in [3.05, 3.63) is 82.4 Å². The monoisotopic (exact) mass is 437 g/mol. The molecule has 0 fully saturated rings. The van der Waals surface area contributed by atoms with Crippen LogP contribution in [0.4, 0.5) is 5.69 Å². The van der Waals surface area contributed by atoms with Gasteiger partial charge < -0.3 is 19.5 Å². The molecule has 0 saturated carbocycles. The summed E-state index contributed by atoms with van der Waals surface area (Å²) < 4.78 is 16.6.